The molecule has 0 spiro atoms. The smallest absolute Gasteiger partial charge is 0.319 e. The van der Waals surface area contributed by atoms with Gasteiger partial charge in [0.25, 0.3) is 0 Å². The molecule has 138 valence electrons. The first-order valence-corrected chi connectivity index (χ1v) is 9.01. The molecule has 0 bridgehead atoms. The van der Waals surface area contributed by atoms with Gasteiger partial charge in [-0.1, -0.05) is 35.3 Å². The van der Waals surface area contributed by atoms with Crippen molar-refractivity contribution in [3.8, 4) is 0 Å². The van der Waals surface area contributed by atoms with Gasteiger partial charge in [-0.15, -0.1) is 0 Å². The summed E-state index contributed by atoms with van der Waals surface area (Å²) in [5, 5.41) is 16.4. The number of carbonyl (C=O) groups excluding carboxylic acids is 1. The predicted octanol–water partition coefficient (Wildman–Crippen LogP) is 5.17. The van der Waals surface area contributed by atoms with E-state index in [0.717, 1.165) is 11.1 Å². The molecule has 0 aromatic heterocycles. The molecule has 26 heavy (non-hydrogen) atoms. The summed E-state index contributed by atoms with van der Waals surface area (Å²) in [4.78, 5) is 12.3. The standard InChI is InChI=1S/C19H19Cl2FN2O2/c1-10(11-3-5-12(22)6-4-11)23-18(25)24-17-15(20)9-14-13(16(17)21)7-8-19(14,2)26/h3-6,9-10,26H,7-8H2,1-2H3,(H2,23,24,25)/t10-,19-/m1/s1. The van der Waals surface area contributed by atoms with E-state index >= 15 is 0 Å². The van der Waals surface area contributed by atoms with Crippen LogP contribution in [0.1, 0.15) is 43.0 Å². The fraction of sp³-hybridized carbons (Fsp3) is 0.316. The van der Waals surface area contributed by atoms with E-state index in [4.69, 9.17) is 23.2 Å². The van der Waals surface area contributed by atoms with E-state index in [1.165, 1.54) is 12.1 Å². The van der Waals surface area contributed by atoms with Gasteiger partial charge in [0.05, 0.1) is 27.4 Å². The maximum Gasteiger partial charge on any atom is 0.319 e. The molecule has 3 rings (SSSR count). The Hall–Kier alpha value is -1.82. The average molecular weight is 397 g/mol. The molecule has 0 saturated carbocycles. The molecule has 2 aromatic rings. The van der Waals surface area contributed by atoms with Gasteiger partial charge in [0, 0.05) is 0 Å². The minimum atomic E-state index is -0.972. The van der Waals surface area contributed by atoms with Crippen molar-refractivity contribution in [2.75, 3.05) is 5.32 Å². The number of nitrogens with one attached hydrogen (secondary N) is 2. The summed E-state index contributed by atoms with van der Waals surface area (Å²) in [6.07, 6.45) is 1.16. The zero-order chi connectivity index (χ0) is 19.1. The van der Waals surface area contributed by atoms with Crippen molar-refractivity contribution in [2.45, 2.75) is 38.3 Å². The number of hydrogen-bond acceptors (Lipinski definition) is 2. The molecule has 7 heteroatoms. The highest BCUT2D eigenvalue weighted by Crippen LogP contribution is 2.45. The molecule has 0 unspecified atom stereocenters. The monoisotopic (exact) mass is 396 g/mol. The van der Waals surface area contributed by atoms with Crippen LogP contribution in [0.25, 0.3) is 0 Å². The number of anilines is 1. The molecule has 0 saturated heterocycles. The number of aliphatic hydroxyl groups is 1. The summed E-state index contributed by atoms with van der Waals surface area (Å²) in [5.41, 5.74) is 1.60. The van der Waals surface area contributed by atoms with Crippen LogP contribution in [0.5, 0.6) is 0 Å². The van der Waals surface area contributed by atoms with Crippen molar-refractivity contribution in [2.24, 2.45) is 0 Å². The van der Waals surface area contributed by atoms with Crippen LogP contribution in [-0.2, 0) is 12.0 Å². The number of hydrogen-bond donors (Lipinski definition) is 3. The molecule has 0 heterocycles. The predicted molar refractivity (Wildman–Crippen MR) is 101 cm³/mol. The number of urea groups is 1. The van der Waals surface area contributed by atoms with Crippen LogP contribution in [0.3, 0.4) is 0 Å². The molecule has 4 nitrogen and oxygen atoms in total. The number of amides is 2. The van der Waals surface area contributed by atoms with Crippen LogP contribution >= 0.6 is 23.2 Å². The summed E-state index contributed by atoms with van der Waals surface area (Å²) in [7, 11) is 0. The highest BCUT2D eigenvalue weighted by atomic mass is 35.5. The lowest BCUT2D eigenvalue weighted by atomic mass is 9.98. The Morgan fingerprint density at radius 2 is 1.96 bits per heavy atom. The Morgan fingerprint density at radius 3 is 2.62 bits per heavy atom. The van der Waals surface area contributed by atoms with Crippen LogP contribution in [0.15, 0.2) is 30.3 Å². The quantitative estimate of drug-likeness (QED) is 0.669. The van der Waals surface area contributed by atoms with Crippen molar-refractivity contribution >= 4 is 34.9 Å². The number of halogens is 3. The third kappa shape index (κ3) is 3.65. The molecule has 0 fully saturated rings. The van der Waals surface area contributed by atoms with Gasteiger partial charge < -0.3 is 15.7 Å². The van der Waals surface area contributed by atoms with Gasteiger partial charge in [0.15, 0.2) is 0 Å². The van der Waals surface area contributed by atoms with Gasteiger partial charge in [-0.25, -0.2) is 9.18 Å². The molecule has 3 N–H and O–H groups in total. The minimum absolute atomic E-state index is 0.264. The summed E-state index contributed by atoms with van der Waals surface area (Å²) in [6, 6.07) is 6.74. The number of fused-ring (bicyclic) bond motifs is 1. The molecule has 2 atom stereocenters. The van der Waals surface area contributed by atoms with Crippen molar-refractivity contribution in [3.05, 3.63) is 62.9 Å². The molecule has 0 radical (unpaired) electrons. The second-order valence-electron chi connectivity index (χ2n) is 6.72. The summed E-state index contributed by atoms with van der Waals surface area (Å²) in [5.74, 6) is -0.335. The Kier molecular flexibility index (Phi) is 5.15. The minimum Gasteiger partial charge on any atom is -0.385 e. The third-order valence-corrected chi connectivity index (χ3v) is 5.43. The Morgan fingerprint density at radius 1 is 1.31 bits per heavy atom. The van der Waals surface area contributed by atoms with Crippen molar-refractivity contribution in [3.63, 3.8) is 0 Å². The Labute approximate surface area is 161 Å². The van der Waals surface area contributed by atoms with Gasteiger partial charge in [0.2, 0.25) is 0 Å². The van der Waals surface area contributed by atoms with Gasteiger partial charge in [0.1, 0.15) is 5.82 Å². The van der Waals surface area contributed by atoms with E-state index in [9.17, 15) is 14.3 Å². The molecular formula is C19H19Cl2FN2O2. The van der Waals surface area contributed by atoms with Crippen LogP contribution in [0.2, 0.25) is 10.0 Å². The summed E-state index contributed by atoms with van der Waals surface area (Å²) >= 11 is 12.7. The van der Waals surface area contributed by atoms with E-state index in [1.54, 1.807) is 32.0 Å². The lowest BCUT2D eigenvalue weighted by Gasteiger charge is -2.20. The van der Waals surface area contributed by atoms with E-state index in [2.05, 4.69) is 10.6 Å². The first kappa shape index (κ1) is 19.0. The van der Waals surface area contributed by atoms with Gasteiger partial charge in [-0.3, -0.25) is 0 Å². The number of carbonyl (C=O) groups is 1. The fourth-order valence-electron chi connectivity index (χ4n) is 3.18. The topological polar surface area (TPSA) is 61.4 Å². The first-order valence-electron chi connectivity index (χ1n) is 8.26. The normalized spacial score (nSPS) is 19.8. The third-order valence-electron chi connectivity index (χ3n) is 4.72. The number of rotatable bonds is 3. The van der Waals surface area contributed by atoms with Gasteiger partial charge >= 0.3 is 6.03 Å². The molecular weight excluding hydrogens is 378 g/mol. The zero-order valence-corrected chi connectivity index (χ0v) is 15.9. The van der Waals surface area contributed by atoms with Gasteiger partial charge in [-0.2, -0.15) is 0 Å². The average Bonchev–Trinajstić information content (AvgIpc) is 2.87. The van der Waals surface area contributed by atoms with E-state index in [0.29, 0.717) is 29.1 Å². The van der Waals surface area contributed by atoms with E-state index in [-0.39, 0.29) is 16.9 Å². The summed E-state index contributed by atoms with van der Waals surface area (Å²) < 4.78 is 13.0. The van der Waals surface area contributed by atoms with Crippen LogP contribution in [0, 0.1) is 5.82 Å². The Bertz CT molecular complexity index is 854. The number of benzene rings is 2. The SMILES string of the molecule is C[C@@H](NC(=O)Nc1c(Cl)cc2c(c1Cl)CC[C@@]2(C)O)c1ccc(F)cc1. The largest absolute Gasteiger partial charge is 0.385 e. The molecule has 1 aliphatic rings. The van der Waals surface area contributed by atoms with E-state index in [1.807, 2.05) is 0 Å². The molecule has 2 aromatic carbocycles. The maximum atomic E-state index is 13.0. The van der Waals surface area contributed by atoms with Crippen molar-refractivity contribution < 1.29 is 14.3 Å². The lowest BCUT2D eigenvalue weighted by molar-refractivity contribution is 0.0595. The second kappa shape index (κ2) is 7.06. The lowest BCUT2D eigenvalue weighted by Crippen LogP contribution is -2.31. The highest BCUT2D eigenvalue weighted by Gasteiger charge is 2.35. The first-order chi connectivity index (χ1) is 12.2. The van der Waals surface area contributed by atoms with Crippen molar-refractivity contribution in [1.29, 1.82) is 0 Å². The Balaban J connectivity index is 1.77. The van der Waals surface area contributed by atoms with E-state index < -0.39 is 11.6 Å². The maximum absolute atomic E-state index is 13.0. The second-order valence-corrected chi connectivity index (χ2v) is 7.50. The fourth-order valence-corrected chi connectivity index (χ4v) is 3.83. The molecule has 2 amide bonds. The summed E-state index contributed by atoms with van der Waals surface area (Å²) in [6.45, 7) is 3.51. The molecule has 0 aliphatic heterocycles. The van der Waals surface area contributed by atoms with Crippen LogP contribution < -0.4 is 10.6 Å². The highest BCUT2D eigenvalue weighted by molar-refractivity contribution is 6.40. The van der Waals surface area contributed by atoms with Crippen LogP contribution in [-0.4, -0.2) is 11.1 Å². The molecule has 1 aliphatic carbocycles. The van der Waals surface area contributed by atoms with Gasteiger partial charge in [-0.05, 0) is 61.6 Å². The van der Waals surface area contributed by atoms with Crippen molar-refractivity contribution in [1.82, 2.24) is 5.32 Å². The zero-order valence-electron chi connectivity index (χ0n) is 14.4. The van der Waals surface area contributed by atoms with Crippen LogP contribution in [0.4, 0.5) is 14.9 Å².